The molecule has 0 heterocycles. The van der Waals surface area contributed by atoms with E-state index in [4.69, 9.17) is 0 Å². The van der Waals surface area contributed by atoms with Crippen LogP contribution < -0.4 is 6.15 Å². The summed E-state index contributed by atoms with van der Waals surface area (Å²) in [7, 11) is 0. The van der Waals surface area contributed by atoms with Gasteiger partial charge in [-0.3, -0.25) is 0 Å². The first-order valence-electron chi connectivity index (χ1n) is 0. The molecule has 0 aromatic rings. The van der Waals surface area contributed by atoms with Crippen molar-refractivity contribution in [2.45, 2.75) is 0 Å². The predicted molar refractivity (Wildman–Crippen MR) is 12.2 cm³/mol. The van der Waals surface area contributed by atoms with Crippen LogP contribution in [0.1, 0.15) is 0 Å². The fourth-order valence-electron chi connectivity index (χ4n) is 0. The van der Waals surface area contributed by atoms with E-state index in [0.29, 0.717) is 0 Å². The van der Waals surface area contributed by atoms with Gasteiger partial charge in [-0.15, -0.1) is 0 Å². The van der Waals surface area contributed by atoms with Crippen LogP contribution >= 0.6 is 0 Å². The van der Waals surface area contributed by atoms with Gasteiger partial charge in [0.15, 0.2) is 0 Å². The third-order valence-corrected chi connectivity index (χ3v) is 0. The fraction of sp³-hybridized carbons (Fsp3) is 0. The summed E-state index contributed by atoms with van der Waals surface area (Å²) in [5, 5.41) is 0. The monoisotopic (exact) mass is 213 g/mol. The van der Waals surface area contributed by atoms with Crippen molar-refractivity contribution >= 4 is 29.6 Å². The van der Waals surface area contributed by atoms with Crippen LogP contribution in [0.25, 0.3) is 0 Å². The number of hydrogen-bond acceptors (Lipinski definition) is 1. The molecule has 0 aliphatic rings. The molecule has 1 nitrogen and oxygen atoms in total. The van der Waals surface area contributed by atoms with Gasteiger partial charge >= 0.3 is 29.6 Å². The van der Waals surface area contributed by atoms with Gasteiger partial charge in [-0.05, 0) is 0 Å². The molecule has 0 spiro atoms. The average molecular weight is 214 g/mol. The number of hydrogen-bond donors (Lipinski definition) is 1. The van der Waals surface area contributed by atoms with Crippen LogP contribution in [0.4, 0.5) is 0 Å². The number of rotatable bonds is 0. The minimum Gasteiger partial charge on any atom is 0 e. The summed E-state index contributed by atoms with van der Waals surface area (Å²) in [6.07, 6.45) is 0. The fourth-order valence-corrected chi connectivity index (χ4v) is 0. The van der Waals surface area contributed by atoms with Gasteiger partial charge in [-0.25, -0.2) is 0 Å². The molecular formula is H4CoMnNNaNi. The van der Waals surface area contributed by atoms with Gasteiger partial charge < -0.3 is 6.15 Å². The molecule has 5 heteroatoms. The van der Waals surface area contributed by atoms with Crippen LogP contribution in [0, 0.1) is 0 Å². The first-order chi connectivity index (χ1) is 0. The third-order valence-electron chi connectivity index (χ3n) is 0. The van der Waals surface area contributed by atoms with Crippen LogP contribution in [0.2, 0.25) is 0 Å². The minimum atomic E-state index is 0. The molecule has 0 unspecified atom stereocenters. The second-order valence-electron chi connectivity index (χ2n) is 0. The van der Waals surface area contributed by atoms with Crippen molar-refractivity contribution < 1.29 is 50.3 Å². The second-order valence-corrected chi connectivity index (χ2v) is 0. The van der Waals surface area contributed by atoms with E-state index >= 15 is 0 Å². The van der Waals surface area contributed by atoms with E-state index in [0.717, 1.165) is 0 Å². The SMILES string of the molecule is N.[Co].[Mn].[NaH].[Ni]. The van der Waals surface area contributed by atoms with Crippen LogP contribution in [0.5, 0.6) is 0 Å². The summed E-state index contributed by atoms with van der Waals surface area (Å²) in [6, 6.07) is 0. The molecule has 0 bridgehead atoms. The first kappa shape index (κ1) is 51.1. The Bertz CT molecular complexity index is 11.6. The standard InChI is InChI=1S/Co.Mn.H3N.Na.Ni.H/h;;1H3;;;. The predicted octanol–water partition coefficient (Wildman–Crippen LogP) is -0.494. The maximum atomic E-state index is 0. The quantitative estimate of drug-likeness (QED) is 0.542. The molecule has 0 aliphatic heterocycles. The van der Waals surface area contributed by atoms with Crippen LogP contribution in [-0.4, -0.2) is 29.6 Å². The van der Waals surface area contributed by atoms with E-state index in [9.17, 15) is 0 Å². The Labute approximate surface area is 84.9 Å². The van der Waals surface area contributed by atoms with E-state index in [-0.39, 0.29) is 86.0 Å². The Kier molecular flexibility index (Phi) is 323. The molecule has 0 fully saturated rings. The maximum absolute atomic E-state index is 0. The molecule has 0 saturated heterocycles. The van der Waals surface area contributed by atoms with Crippen molar-refractivity contribution in [3.8, 4) is 0 Å². The molecule has 3 N–H and O–H groups in total. The van der Waals surface area contributed by atoms with E-state index in [1.54, 1.807) is 0 Å². The van der Waals surface area contributed by atoms with Crippen molar-refractivity contribution in [2.75, 3.05) is 0 Å². The van der Waals surface area contributed by atoms with Crippen molar-refractivity contribution in [3.05, 3.63) is 0 Å². The average Bonchev–Trinajstić information content (AvgIpc) is 0. The van der Waals surface area contributed by atoms with Crippen molar-refractivity contribution in [1.82, 2.24) is 6.15 Å². The van der Waals surface area contributed by atoms with Crippen LogP contribution in [0.3, 0.4) is 0 Å². The van der Waals surface area contributed by atoms with Gasteiger partial charge in [-0.1, -0.05) is 0 Å². The van der Waals surface area contributed by atoms with E-state index in [1.807, 2.05) is 0 Å². The molecule has 0 aromatic carbocycles. The topological polar surface area (TPSA) is 35.0 Å². The van der Waals surface area contributed by atoms with Gasteiger partial charge in [0.2, 0.25) is 0 Å². The Hall–Kier alpha value is 2.48. The Morgan fingerprint density at radius 1 is 1.00 bits per heavy atom. The Morgan fingerprint density at radius 2 is 1.00 bits per heavy atom. The molecule has 0 aromatic heterocycles. The summed E-state index contributed by atoms with van der Waals surface area (Å²) >= 11 is 0. The van der Waals surface area contributed by atoms with Crippen LogP contribution in [0.15, 0.2) is 0 Å². The van der Waals surface area contributed by atoms with Crippen LogP contribution in [-0.2, 0) is 50.3 Å². The summed E-state index contributed by atoms with van der Waals surface area (Å²) in [5.41, 5.74) is 0. The largest absolute Gasteiger partial charge is 0 e. The second kappa shape index (κ2) is 31.6. The van der Waals surface area contributed by atoms with Crippen molar-refractivity contribution in [1.29, 1.82) is 0 Å². The molecule has 0 atom stereocenters. The molecule has 0 rings (SSSR count). The third kappa shape index (κ3) is 21.1. The first-order valence-corrected chi connectivity index (χ1v) is 0. The summed E-state index contributed by atoms with van der Waals surface area (Å²) < 4.78 is 0. The maximum Gasteiger partial charge on any atom is 0 e. The molecule has 0 amide bonds. The molecule has 5 heavy (non-hydrogen) atoms. The summed E-state index contributed by atoms with van der Waals surface area (Å²) in [6.45, 7) is 0. The normalized spacial score (nSPS) is 0. The zero-order valence-electron chi connectivity index (χ0n) is 1.73. The minimum absolute atomic E-state index is 0. The zero-order valence-corrected chi connectivity index (χ0v) is 4.94. The van der Waals surface area contributed by atoms with Crippen molar-refractivity contribution in [2.24, 2.45) is 0 Å². The van der Waals surface area contributed by atoms with E-state index in [1.165, 1.54) is 0 Å². The van der Waals surface area contributed by atoms with Gasteiger partial charge in [0.25, 0.3) is 0 Å². The smallest absolute Gasteiger partial charge is 0 e. The summed E-state index contributed by atoms with van der Waals surface area (Å²) in [4.78, 5) is 0. The Morgan fingerprint density at radius 3 is 1.00 bits per heavy atom. The van der Waals surface area contributed by atoms with Gasteiger partial charge in [0.05, 0.1) is 0 Å². The van der Waals surface area contributed by atoms with E-state index < -0.39 is 0 Å². The van der Waals surface area contributed by atoms with Gasteiger partial charge in [0, 0.05) is 50.3 Å². The van der Waals surface area contributed by atoms with Gasteiger partial charge in [-0.2, -0.15) is 0 Å². The molecule has 2 radical (unpaired) electrons. The Balaban J connectivity index is 0. The summed E-state index contributed by atoms with van der Waals surface area (Å²) in [5.74, 6) is 0. The molecule has 0 saturated carbocycles. The molecular weight excluding hydrogens is 210 g/mol. The van der Waals surface area contributed by atoms with E-state index in [2.05, 4.69) is 0 Å². The van der Waals surface area contributed by atoms with Gasteiger partial charge in [0.1, 0.15) is 0 Å². The van der Waals surface area contributed by atoms with Crippen molar-refractivity contribution in [3.63, 3.8) is 0 Å². The molecule has 0 aliphatic carbocycles. The zero-order chi connectivity index (χ0) is 0. The molecule has 36 valence electrons.